The van der Waals surface area contributed by atoms with E-state index in [4.69, 9.17) is 17.2 Å². The molecule has 0 radical (unpaired) electrons. The highest BCUT2D eigenvalue weighted by Crippen LogP contribution is 2.19. The van der Waals surface area contributed by atoms with Crippen molar-refractivity contribution in [3.05, 3.63) is 0 Å². The fourth-order valence-corrected chi connectivity index (χ4v) is 6.56. The summed E-state index contributed by atoms with van der Waals surface area (Å²) in [6.07, 6.45) is -1.82. The SMILES string of the molecule is CC(C)CC(NC(=O)C(CCC(N)=O)NC(=O)CNC(=O)C(CCC(=O)O)NC(=O)C(C)NC(=O)C(CCC(N)=O)NC(=O)C1CCCN1C(=O)C(N)CS)C(=O)NC(CS)C(=O)O. The molecule has 1 aliphatic rings. The molecule has 0 saturated carbocycles. The minimum absolute atomic E-state index is 0.0167. The Kier molecular flexibility index (Phi) is 24.8. The van der Waals surface area contributed by atoms with E-state index >= 15 is 0 Å². The number of thiol groups is 2. The maximum absolute atomic E-state index is 13.4. The lowest BCUT2D eigenvalue weighted by molar-refractivity contribution is -0.141. The molecule has 0 aromatic heterocycles. The van der Waals surface area contributed by atoms with Crippen LogP contribution < -0.4 is 54.4 Å². The number of rotatable bonds is 29. The molecule has 0 aromatic carbocycles. The normalized spacial score (nSPS) is 16.6. The van der Waals surface area contributed by atoms with Gasteiger partial charge in [-0.1, -0.05) is 13.8 Å². The van der Waals surface area contributed by atoms with Crippen molar-refractivity contribution in [1.29, 1.82) is 0 Å². The number of primary amides is 2. The summed E-state index contributed by atoms with van der Waals surface area (Å²) in [5.41, 5.74) is 16.3. The highest BCUT2D eigenvalue weighted by atomic mass is 32.1. The largest absolute Gasteiger partial charge is 0.481 e. The van der Waals surface area contributed by atoms with Gasteiger partial charge in [0.25, 0.3) is 0 Å². The van der Waals surface area contributed by atoms with Crippen LogP contribution in [-0.4, -0.2) is 159 Å². The van der Waals surface area contributed by atoms with Gasteiger partial charge >= 0.3 is 11.9 Å². The van der Waals surface area contributed by atoms with Crippen LogP contribution >= 0.6 is 25.3 Å². The van der Waals surface area contributed by atoms with Gasteiger partial charge in [0.2, 0.25) is 59.1 Å². The monoisotopic (exact) mass is 947 g/mol. The summed E-state index contributed by atoms with van der Waals surface area (Å²) in [4.78, 5) is 153. The number of carbonyl (C=O) groups excluding carboxylic acids is 10. The molecule has 360 valence electrons. The van der Waals surface area contributed by atoms with Crippen molar-refractivity contribution in [2.24, 2.45) is 23.1 Å². The van der Waals surface area contributed by atoms with Gasteiger partial charge in [-0.25, -0.2) is 4.79 Å². The summed E-state index contributed by atoms with van der Waals surface area (Å²) in [5.74, 6) is -11.9. The van der Waals surface area contributed by atoms with Gasteiger partial charge in [-0.15, -0.1) is 0 Å². The van der Waals surface area contributed by atoms with Crippen molar-refractivity contribution in [2.45, 2.75) is 127 Å². The molecule has 15 N–H and O–H groups in total. The van der Waals surface area contributed by atoms with E-state index in [1.807, 2.05) is 0 Å². The van der Waals surface area contributed by atoms with Gasteiger partial charge in [-0.2, -0.15) is 25.3 Å². The molecule has 8 atom stereocenters. The first-order valence-electron chi connectivity index (χ1n) is 20.3. The molecule has 64 heavy (non-hydrogen) atoms. The molecule has 1 rings (SSSR count). The number of nitrogens with zero attached hydrogens (tertiary/aromatic N) is 1. The minimum Gasteiger partial charge on any atom is -0.481 e. The molecule has 1 aliphatic heterocycles. The van der Waals surface area contributed by atoms with Crippen molar-refractivity contribution >= 4 is 96.3 Å². The molecule has 1 saturated heterocycles. The first kappa shape index (κ1) is 56.3. The minimum atomic E-state index is -1.60. The predicted octanol–water partition coefficient (Wildman–Crippen LogP) is -5.26. The van der Waals surface area contributed by atoms with Crippen LogP contribution in [0.15, 0.2) is 0 Å². The number of aliphatic carboxylic acids is 2. The standard InChI is InChI=1S/C37H61N11O14S2/c1-17(2)13-23(34(58)47-24(16-64)37(61)62)46-33(57)21(6-9-26(39)49)43-28(51)14-41-31(55)20(8-11-29(52)53)44-30(54)18(3)42-32(56)22(7-10-27(40)50)45-35(59)25-5-4-12-48(25)36(60)19(38)15-63/h17-25,63-64H,4-16,38H2,1-3H3,(H2,39,49)(H2,40,50)(H,41,55)(H,42,56)(H,43,51)(H,44,54)(H,45,59)(H,46,57)(H,47,58)(H,52,53)(H,61,62). The Balaban J connectivity index is 3.10. The van der Waals surface area contributed by atoms with E-state index < -0.39 is 145 Å². The molecule has 0 aliphatic carbocycles. The first-order chi connectivity index (χ1) is 29.9. The van der Waals surface area contributed by atoms with Crippen molar-refractivity contribution < 1.29 is 67.7 Å². The third kappa shape index (κ3) is 20.2. The third-order valence-electron chi connectivity index (χ3n) is 9.59. The van der Waals surface area contributed by atoms with E-state index in [-0.39, 0.29) is 56.1 Å². The second kappa shape index (κ2) is 28.2. The van der Waals surface area contributed by atoms with Crippen LogP contribution in [0.5, 0.6) is 0 Å². The first-order valence-corrected chi connectivity index (χ1v) is 21.6. The Morgan fingerprint density at radius 1 is 0.641 bits per heavy atom. The zero-order valence-corrected chi connectivity index (χ0v) is 37.5. The van der Waals surface area contributed by atoms with E-state index in [2.05, 4.69) is 62.5 Å². The number of hydrogen-bond donors (Lipinski definition) is 14. The molecule has 10 amide bonds. The lowest BCUT2D eigenvalue weighted by atomic mass is 10.0. The molecule has 0 aromatic rings. The van der Waals surface area contributed by atoms with Gasteiger partial charge in [0.15, 0.2) is 0 Å². The number of amides is 10. The average molecular weight is 948 g/mol. The van der Waals surface area contributed by atoms with Crippen molar-refractivity contribution in [3.8, 4) is 0 Å². The Bertz CT molecular complexity index is 1740. The number of carboxylic acids is 2. The molecule has 25 nitrogen and oxygen atoms in total. The number of nitrogens with one attached hydrogen (secondary N) is 7. The van der Waals surface area contributed by atoms with Gasteiger partial charge in [-0.05, 0) is 51.4 Å². The smallest absolute Gasteiger partial charge is 0.327 e. The zero-order valence-electron chi connectivity index (χ0n) is 35.8. The van der Waals surface area contributed by atoms with Crippen LogP contribution in [0.1, 0.15) is 78.6 Å². The Morgan fingerprint density at radius 3 is 1.66 bits per heavy atom. The summed E-state index contributed by atoms with van der Waals surface area (Å²) >= 11 is 7.93. The molecule has 1 fully saturated rings. The van der Waals surface area contributed by atoms with E-state index in [1.165, 1.54) is 11.8 Å². The lowest BCUT2D eigenvalue weighted by Crippen LogP contribution is -2.58. The molecule has 27 heteroatoms. The average Bonchev–Trinajstić information content (AvgIpc) is 3.72. The van der Waals surface area contributed by atoms with Gasteiger partial charge in [0, 0.05) is 37.3 Å². The second-order valence-electron chi connectivity index (χ2n) is 15.4. The Labute approximate surface area is 379 Å². The molecular weight excluding hydrogens is 887 g/mol. The van der Waals surface area contributed by atoms with Gasteiger partial charge < -0.3 is 69.5 Å². The van der Waals surface area contributed by atoms with Crippen LogP contribution in [0, 0.1) is 5.92 Å². The van der Waals surface area contributed by atoms with Crippen LogP contribution in [-0.2, 0) is 57.5 Å². The van der Waals surface area contributed by atoms with Gasteiger partial charge in [0.1, 0.15) is 42.3 Å². The second-order valence-corrected chi connectivity index (χ2v) is 16.1. The van der Waals surface area contributed by atoms with Crippen molar-refractivity contribution in [2.75, 3.05) is 24.6 Å². The summed E-state index contributed by atoms with van der Waals surface area (Å²) in [6, 6.07) is -10.6. The highest BCUT2D eigenvalue weighted by molar-refractivity contribution is 7.80. The summed E-state index contributed by atoms with van der Waals surface area (Å²) in [7, 11) is 0. The number of likely N-dealkylation sites (tertiary alicyclic amines) is 1. The van der Waals surface area contributed by atoms with E-state index in [0.717, 1.165) is 0 Å². The van der Waals surface area contributed by atoms with Crippen LogP contribution in [0.4, 0.5) is 0 Å². The quantitative estimate of drug-likeness (QED) is 0.0312. The maximum Gasteiger partial charge on any atom is 0.327 e. The predicted molar refractivity (Wildman–Crippen MR) is 232 cm³/mol. The third-order valence-corrected chi connectivity index (χ3v) is 10.3. The molecule has 0 spiro atoms. The highest BCUT2D eigenvalue weighted by Gasteiger charge is 2.38. The molecule has 0 bridgehead atoms. The Morgan fingerprint density at radius 2 is 1.14 bits per heavy atom. The van der Waals surface area contributed by atoms with Crippen molar-refractivity contribution in [3.63, 3.8) is 0 Å². The zero-order chi connectivity index (χ0) is 48.8. The topological polar surface area (TPSA) is 411 Å². The molecule has 8 unspecified atom stereocenters. The lowest BCUT2D eigenvalue weighted by Gasteiger charge is -2.28. The van der Waals surface area contributed by atoms with Crippen LogP contribution in [0.2, 0.25) is 0 Å². The number of carboxylic acid groups (broad SMARTS) is 2. The van der Waals surface area contributed by atoms with Crippen LogP contribution in [0.25, 0.3) is 0 Å². The number of carbonyl (C=O) groups is 12. The molecule has 1 heterocycles. The number of nitrogens with two attached hydrogens (primary N) is 3. The summed E-state index contributed by atoms with van der Waals surface area (Å²) in [6.45, 7) is 4.02. The van der Waals surface area contributed by atoms with E-state index in [1.54, 1.807) is 13.8 Å². The number of hydrogen-bond acceptors (Lipinski definition) is 15. The fraction of sp³-hybridized carbons (Fsp3) is 0.676. The molecular formula is C37H61N11O14S2. The summed E-state index contributed by atoms with van der Waals surface area (Å²) in [5, 5.41) is 35.0. The van der Waals surface area contributed by atoms with Gasteiger partial charge in [0.05, 0.1) is 12.6 Å². The maximum atomic E-state index is 13.4. The Hall–Kier alpha value is -5.70. The summed E-state index contributed by atoms with van der Waals surface area (Å²) < 4.78 is 0. The van der Waals surface area contributed by atoms with Gasteiger partial charge in [-0.3, -0.25) is 52.7 Å². The van der Waals surface area contributed by atoms with E-state index in [0.29, 0.717) is 6.42 Å². The van der Waals surface area contributed by atoms with Crippen LogP contribution in [0.3, 0.4) is 0 Å². The van der Waals surface area contributed by atoms with Crippen molar-refractivity contribution in [1.82, 2.24) is 42.1 Å². The fourth-order valence-electron chi connectivity index (χ4n) is 6.15. The van der Waals surface area contributed by atoms with E-state index in [9.17, 15) is 67.7 Å².